The molecule has 0 aliphatic carbocycles. The minimum Gasteiger partial charge on any atom is -0.347 e. The van der Waals surface area contributed by atoms with Gasteiger partial charge in [-0.05, 0) is 18.6 Å². The number of thioether (sulfide) groups is 1. The molecule has 1 aliphatic rings. The van der Waals surface area contributed by atoms with Crippen LogP contribution in [0.4, 0.5) is 0 Å². The summed E-state index contributed by atoms with van der Waals surface area (Å²) in [5.41, 5.74) is 0.583. The molecule has 1 aromatic heterocycles. The summed E-state index contributed by atoms with van der Waals surface area (Å²) in [6.07, 6.45) is 2.54. The fraction of sp³-hybridized carbons (Fsp3) is 0.400. The number of nitrogens with zero attached hydrogens (tertiary/aromatic N) is 1. The third kappa shape index (κ3) is 2.07. The monoisotopic (exact) mass is 224 g/mol. The molecule has 0 bridgehead atoms. The second kappa shape index (κ2) is 4.10. The van der Waals surface area contributed by atoms with Gasteiger partial charge in [0.15, 0.2) is 0 Å². The molecule has 1 atom stereocenters. The zero-order valence-corrected chi connectivity index (χ0v) is 9.21. The Bertz CT molecular complexity index is 400. The Hall–Kier alpha value is -1.23. The van der Waals surface area contributed by atoms with Crippen LogP contribution in [-0.2, 0) is 11.8 Å². The van der Waals surface area contributed by atoms with Crippen LogP contribution in [0.1, 0.15) is 16.9 Å². The van der Waals surface area contributed by atoms with Gasteiger partial charge in [-0.15, -0.1) is 0 Å². The van der Waals surface area contributed by atoms with Crippen LogP contribution in [0.5, 0.6) is 0 Å². The number of carbonyl (C=O) groups excluding carboxylic acids is 2. The fourth-order valence-electron chi connectivity index (χ4n) is 1.56. The van der Waals surface area contributed by atoms with E-state index in [0.717, 1.165) is 12.2 Å². The normalized spacial score (nSPS) is 20.6. The molecular weight excluding hydrogens is 212 g/mol. The lowest BCUT2D eigenvalue weighted by Gasteiger charge is -2.10. The van der Waals surface area contributed by atoms with Crippen molar-refractivity contribution in [3.63, 3.8) is 0 Å². The molecule has 1 saturated heterocycles. The molecule has 0 spiro atoms. The minimum absolute atomic E-state index is 0.0672. The molecule has 4 nitrogen and oxygen atoms in total. The molecule has 1 unspecified atom stereocenters. The van der Waals surface area contributed by atoms with Gasteiger partial charge in [-0.1, -0.05) is 11.8 Å². The van der Waals surface area contributed by atoms with E-state index in [1.165, 1.54) is 11.8 Å². The predicted octanol–water partition coefficient (Wildman–Crippen LogP) is 0.787. The summed E-state index contributed by atoms with van der Waals surface area (Å²) in [6, 6.07) is 3.24. The van der Waals surface area contributed by atoms with Gasteiger partial charge in [0.05, 0.1) is 6.04 Å². The van der Waals surface area contributed by atoms with E-state index in [4.69, 9.17) is 0 Å². The molecule has 15 heavy (non-hydrogen) atoms. The molecule has 2 heterocycles. The zero-order valence-electron chi connectivity index (χ0n) is 8.40. The van der Waals surface area contributed by atoms with E-state index in [1.54, 1.807) is 29.9 Å². The number of hydrogen-bond donors (Lipinski definition) is 1. The maximum atomic E-state index is 11.7. The van der Waals surface area contributed by atoms with E-state index < -0.39 is 0 Å². The summed E-state index contributed by atoms with van der Waals surface area (Å²) in [5.74, 6) is 0.625. The molecule has 1 aromatic rings. The standard InChI is InChI=1S/C10H12N2O2S/c1-12-5-2-3-8(12)9(13)11-7-4-6-15-10(7)14/h2-3,5,7H,4,6H2,1H3,(H,11,13). The highest BCUT2D eigenvalue weighted by Crippen LogP contribution is 2.19. The summed E-state index contributed by atoms with van der Waals surface area (Å²) in [5, 5.41) is 2.81. The second-order valence-electron chi connectivity index (χ2n) is 3.49. The third-order valence-electron chi connectivity index (χ3n) is 2.42. The van der Waals surface area contributed by atoms with Crippen molar-refractivity contribution < 1.29 is 9.59 Å². The van der Waals surface area contributed by atoms with Crippen molar-refractivity contribution in [3.05, 3.63) is 24.0 Å². The number of aromatic nitrogens is 1. The highest BCUT2D eigenvalue weighted by Gasteiger charge is 2.27. The predicted molar refractivity (Wildman–Crippen MR) is 58.7 cm³/mol. The number of hydrogen-bond acceptors (Lipinski definition) is 3. The van der Waals surface area contributed by atoms with Gasteiger partial charge in [0.1, 0.15) is 5.69 Å². The molecule has 80 valence electrons. The van der Waals surface area contributed by atoms with Crippen LogP contribution in [0, 0.1) is 0 Å². The Labute approximate surface area is 92.0 Å². The molecule has 1 N–H and O–H groups in total. The van der Waals surface area contributed by atoms with Crippen molar-refractivity contribution in [2.75, 3.05) is 5.75 Å². The Morgan fingerprint density at radius 1 is 1.67 bits per heavy atom. The molecule has 2 rings (SSSR count). The van der Waals surface area contributed by atoms with Gasteiger partial charge in [0.2, 0.25) is 5.12 Å². The molecule has 1 fully saturated rings. The highest BCUT2D eigenvalue weighted by atomic mass is 32.2. The summed E-state index contributed by atoms with van der Waals surface area (Å²) in [6.45, 7) is 0. The summed E-state index contributed by atoms with van der Waals surface area (Å²) in [4.78, 5) is 23.0. The summed E-state index contributed by atoms with van der Waals surface area (Å²) >= 11 is 1.29. The molecule has 0 saturated carbocycles. The van der Waals surface area contributed by atoms with Gasteiger partial charge in [-0.2, -0.15) is 0 Å². The molecule has 1 amide bonds. The van der Waals surface area contributed by atoms with Crippen molar-refractivity contribution >= 4 is 22.8 Å². The van der Waals surface area contributed by atoms with E-state index in [9.17, 15) is 9.59 Å². The first-order valence-corrected chi connectivity index (χ1v) is 5.76. The van der Waals surface area contributed by atoms with Gasteiger partial charge in [0, 0.05) is 19.0 Å². The Morgan fingerprint density at radius 3 is 3.00 bits per heavy atom. The van der Waals surface area contributed by atoms with Crippen LogP contribution < -0.4 is 5.32 Å². The van der Waals surface area contributed by atoms with Crippen LogP contribution >= 0.6 is 11.8 Å². The van der Waals surface area contributed by atoms with Crippen LogP contribution in [0.3, 0.4) is 0 Å². The Kier molecular flexibility index (Phi) is 2.81. The van der Waals surface area contributed by atoms with Crippen molar-refractivity contribution in [1.29, 1.82) is 0 Å². The molecule has 5 heteroatoms. The first-order valence-electron chi connectivity index (χ1n) is 4.77. The third-order valence-corrected chi connectivity index (χ3v) is 3.43. The number of aryl methyl sites for hydroxylation is 1. The van der Waals surface area contributed by atoms with Crippen molar-refractivity contribution in [3.8, 4) is 0 Å². The lowest BCUT2D eigenvalue weighted by atomic mass is 10.2. The topological polar surface area (TPSA) is 51.1 Å². The van der Waals surface area contributed by atoms with E-state index in [2.05, 4.69) is 5.32 Å². The zero-order chi connectivity index (χ0) is 10.8. The maximum Gasteiger partial charge on any atom is 0.268 e. The fourth-order valence-corrected chi connectivity index (χ4v) is 2.49. The van der Waals surface area contributed by atoms with E-state index >= 15 is 0 Å². The van der Waals surface area contributed by atoms with Crippen molar-refractivity contribution in [2.24, 2.45) is 7.05 Å². The molecule has 0 aromatic carbocycles. The molecule has 1 aliphatic heterocycles. The minimum atomic E-state index is -0.308. The number of carbonyl (C=O) groups is 2. The first kappa shape index (κ1) is 10.3. The van der Waals surface area contributed by atoms with Crippen LogP contribution in [-0.4, -0.2) is 27.4 Å². The van der Waals surface area contributed by atoms with Crippen molar-refractivity contribution in [2.45, 2.75) is 12.5 Å². The van der Waals surface area contributed by atoms with E-state index in [-0.39, 0.29) is 17.1 Å². The van der Waals surface area contributed by atoms with Crippen LogP contribution in [0.25, 0.3) is 0 Å². The average Bonchev–Trinajstić information content (AvgIpc) is 2.76. The first-order chi connectivity index (χ1) is 7.18. The molecular formula is C10H12N2O2S. The smallest absolute Gasteiger partial charge is 0.268 e. The number of nitrogens with one attached hydrogen (secondary N) is 1. The molecule has 0 radical (unpaired) electrons. The SMILES string of the molecule is Cn1cccc1C(=O)NC1CCSC1=O. The van der Waals surface area contributed by atoms with Gasteiger partial charge in [0.25, 0.3) is 5.91 Å². The van der Waals surface area contributed by atoms with Gasteiger partial charge < -0.3 is 9.88 Å². The van der Waals surface area contributed by atoms with Gasteiger partial charge >= 0.3 is 0 Å². The highest BCUT2D eigenvalue weighted by molar-refractivity contribution is 8.14. The number of rotatable bonds is 2. The largest absolute Gasteiger partial charge is 0.347 e. The number of amides is 1. The van der Waals surface area contributed by atoms with Gasteiger partial charge in [-0.25, -0.2) is 0 Å². The average molecular weight is 224 g/mol. The Balaban J connectivity index is 2.04. The van der Waals surface area contributed by atoms with Crippen LogP contribution in [0.15, 0.2) is 18.3 Å². The van der Waals surface area contributed by atoms with Gasteiger partial charge in [-0.3, -0.25) is 9.59 Å². The van der Waals surface area contributed by atoms with Crippen molar-refractivity contribution in [1.82, 2.24) is 9.88 Å². The van der Waals surface area contributed by atoms with E-state index in [1.807, 2.05) is 0 Å². The van der Waals surface area contributed by atoms with E-state index in [0.29, 0.717) is 5.69 Å². The quantitative estimate of drug-likeness (QED) is 0.808. The lowest BCUT2D eigenvalue weighted by molar-refractivity contribution is -0.112. The second-order valence-corrected chi connectivity index (χ2v) is 4.59. The Morgan fingerprint density at radius 2 is 2.47 bits per heavy atom. The maximum absolute atomic E-state index is 11.7. The summed E-state index contributed by atoms with van der Waals surface area (Å²) in [7, 11) is 1.81. The van der Waals surface area contributed by atoms with Crippen LogP contribution in [0.2, 0.25) is 0 Å². The lowest BCUT2D eigenvalue weighted by Crippen LogP contribution is -2.37. The summed E-state index contributed by atoms with van der Waals surface area (Å²) < 4.78 is 1.74.